The van der Waals surface area contributed by atoms with Gasteiger partial charge in [0.1, 0.15) is 11.1 Å². The molecule has 0 radical (unpaired) electrons. The third-order valence-electron chi connectivity index (χ3n) is 3.00. The van der Waals surface area contributed by atoms with Gasteiger partial charge in [0.2, 0.25) is 0 Å². The molecule has 2 aromatic rings. The zero-order chi connectivity index (χ0) is 13.1. The van der Waals surface area contributed by atoms with Gasteiger partial charge < -0.3 is 9.32 Å². The largest absolute Gasteiger partial charge is 1.00 e. The maximum atomic E-state index is 11.5. The number of hydrogen-bond acceptors (Lipinski definition) is 4. The molecule has 1 aromatic carbocycles. The van der Waals surface area contributed by atoms with E-state index in [-0.39, 0.29) is 6.99 Å². The predicted octanol–water partition coefficient (Wildman–Crippen LogP) is 2.56. The van der Waals surface area contributed by atoms with Crippen LogP contribution in [0.1, 0.15) is 25.6 Å². The van der Waals surface area contributed by atoms with Crippen LogP contribution in [-0.4, -0.2) is 19.4 Å². The molecular weight excluding hydrogens is 230 g/mol. The molecule has 0 atom stereocenters. The van der Waals surface area contributed by atoms with Crippen LogP contribution in [0.15, 0.2) is 33.5 Å². The first-order valence-electron chi connectivity index (χ1n) is 5.97. The minimum atomic E-state index is -0.589. The molecule has 18 heavy (non-hydrogen) atoms. The van der Waals surface area contributed by atoms with Crippen LogP contribution in [0, 0.1) is 0 Å². The lowest BCUT2D eigenvalue weighted by Crippen LogP contribution is -2.21. The van der Waals surface area contributed by atoms with Crippen molar-refractivity contribution in [1.82, 2.24) is 0 Å². The maximum Gasteiger partial charge on any atom is 1.00 e. The smallest absolute Gasteiger partial charge is 0.422 e. The molecule has 0 bridgehead atoms. The van der Waals surface area contributed by atoms with Crippen LogP contribution in [-0.2, 0) is 0 Å². The van der Waals surface area contributed by atoms with Crippen LogP contribution in [0.4, 0.5) is 5.69 Å². The zero-order valence-electron chi connectivity index (χ0n) is 11.5. The quantitative estimate of drug-likeness (QED) is 0.614. The number of benzene rings is 1. The highest BCUT2D eigenvalue weighted by Gasteiger charge is 2.07. The van der Waals surface area contributed by atoms with Gasteiger partial charge in [-0.05, 0) is 32.0 Å². The Morgan fingerprint density at radius 2 is 2.00 bits per heavy atom. The van der Waals surface area contributed by atoms with E-state index in [1.807, 2.05) is 18.2 Å². The molecule has 0 amide bonds. The zero-order valence-corrected chi connectivity index (χ0v) is 10.5. The van der Waals surface area contributed by atoms with Crippen molar-refractivity contribution >= 4 is 22.9 Å². The first kappa shape index (κ1) is 12.4. The van der Waals surface area contributed by atoms with Crippen LogP contribution in [0.3, 0.4) is 0 Å². The Morgan fingerprint density at radius 3 is 2.61 bits per heavy atom. The van der Waals surface area contributed by atoms with E-state index in [9.17, 15) is 9.59 Å². The number of fused-ring (bicyclic) bond motifs is 1. The van der Waals surface area contributed by atoms with Crippen LogP contribution < -0.4 is 10.5 Å². The number of carbonyl (C=O) groups excluding carboxylic acids is 1. The average molecular weight is 246 g/mol. The lowest BCUT2D eigenvalue weighted by Gasteiger charge is -2.20. The van der Waals surface area contributed by atoms with Crippen molar-refractivity contribution < 1.29 is 10.6 Å². The molecule has 0 unspecified atom stereocenters. The summed E-state index contributed by atoms with van der Waals surface area (Å²) in [6.45, 7) is 5.91. The Morgan fingerprint density at radius 1 is 1.28 bits per heavy atom. The minimum absolute atomic E-state index is 0. The fourth-order valence-corrected chi connectivity index (χ4v) is 1.98. The summed E-state index contributed by atoms with van der Waals surface area (Å²) < 4.78 is 5.15. The second-order valence-corrected chi connectivity index (χ2v) is 4.00. The number of hydrogen-bond donors (Lipinski definition) is 0. The van der Waals surface area contributed by atoms with Crippen LogP contribution in [0.5, 0.6) is 0 Å². The van der Waals surface area contributed by atoms with E-state index in [2.05, 4.69) is 18.7 Å². The van der Waals surface area contributed by atoms with Crippen LogP contribution in [0.25, 0.3) is 11.0 Å². The predicted molar refractivity (Wildman–Crippen MR) is 72.5 cm³/mol. The number of nitrogens with zero attached hydrogens (tertiary/aromatic N) is 1. The molecule has 1 aromatic heterocycles. The third kappa shape index (κ3) is 2.14. The summed E-state index contributed by atoms with van der Waals surface area (Å²) in [4.78, 5) is 24.3. The minimum Gasteiger partial charge on any atom is -0.422 e. The molecule has 4 heteroatoms. The van der Waals surface area contributed by atoms with Crippen molar-refractivity contribution in [3.05, 3.63) is 40.2 Å². The highest BCUT2D eigenvalue weighted by atomic mass is 16.4. The first-order valence-corrected chi connectivity index (χ1v) is 5.97. The summed E-state index contributed by atoms with van der Waals surface area (Å²) in [5.74, 6) is 0. The summed E-state index contributed by atoms with van der Waals surface area (Å²) in [7, 11) is 0. The molecule has 94 valence electrons. The monoisotopic (exact) mass is 246 g/mol. The van der Waals surface area contributed by atoms with Gasteiger partial charge in [0.15, 0.2) is 6.29 Å². The third-order valence-corrected chi connectivity index (χ3v) is 3.00. The van der Waals surface area contributed by atoms with Crippen molar-refractivity contribution in [3.8, 4) is 0 Å². The Kier molecular flexibility index (Phi) is 3.46. The number of anilines is 1. The van der Waals surface area contributed by atoms with Crippen molar-refractivity contribution in [3.63, 3.8) is 0 Å². The summed E-state index contributed by atoms with van der Waals surface area (Å²) in [6, 6.07) is 7.21. The fourth-order valence-electron chi connectivity index (χ4n) is 1.98. The van der Waals surface area contributed by atoms with E-state index in [0.29, 0.717) is 11.9 Å². The van der Waals surface area contributed by atoms with Crippen molar-refractivity contribution in [2.45, 2.75) is 13.8 Å². The highest BCUT2D eigenvalue weighted by molar-refractivity contribution is 5.86. The van der Waals surface area contributed by atoms with Gasteiger partial charge in [-0.3, -0.25) is 4.79 Å². The normalized spacial score (nSPS) is 10.6. The molecule has 0 fully saturated rings. The molecule has 0 saturated carbocycles. The lowest BCUT2D eigenvalue weighted by molar-refractivity contribution is 0.112. The maximum absolute atomic E-state index is 11.5. The van der Waals surface area contributed by atoms with Gasteiger partial charge in [-0.15, -0.1) is 0 Å². The van der Waals surface area contributed by atoms with Gasteiger partial charge in [0.25, 0.3) is 0 Å². The van der Waals surface area contributed by atoms with Gasteiger partial charge in [0.05, 0.1) is 0 Å². The molecule has 2 rings (SSSR count). The van der Waals surface area contributed by atoms with Crippen LogP contribution >= 0.6 is 0 Å². The Hall–Kier alpha value is -2.10. The Labute approximate surface area is 106 Å². The highest BCUT2D eigenvalue weighted by Crippen LogP contribution is 2.21. The summed E-state index contributed by atoms with van der Waals surface area (Å²) in [5.41, 5.74) is 0.983. The molecule has 0 aliphatic carbocycles. The van der Waals surface area contributed by atoms with Gasteiger partial charge >= 0.3 is 7.05 Å². The van der Waals surface area contributed by atoms with Crippen molar-refractivity contribution in [2.24, 2.45) is 0 Å². The number of aldehydes is 1. The molecule has 0 aliphatic heterocycles. The Bertz CT molecular complexity index is 632. The molecule has 1 heterocycles. The molecular formula is C14H16NO3+. The van der Waals surface area contributed by atoms with E-state index >= 15 is 0 Å². The second-order valence-electron chi connectivity index (χ2n) is 4.00. The molecule has 0 aliphatic rings. The lowest BCUT2D eigenvalue weighted by atomic mass is 10.1. The fraction of sp³-hybridized carbons (Fsp3) is 0.286. The van der Waals surface area contributed by atoms with Crippen molar-refractivity contribution in [2.75, 3.05) is 18.0 Å². The van der Waals surface area contributed by atoms with E-state index in [1.165, 1.54) is 0 Å². The van der Waals surface area contributed by atoms with Gasteiger partial charge in [-0.1, -0.05) is 0 Å². The number of carbonyl (C=O) groups is 1. The molecule has 0 saturated heterocycles. The molecule has 0 spiro atoms. The SMILES string of the molecule is CCN(CC)c1ccc2cc(C=O)c(=O)oc2c1.[H+]. The van der Waals surface area contributed by atoms with Gasteiger partial charge in [-0.2, -0.15) is 0 Å². The van der Waals surface area contributed by atoms with E-state index in [0.717, 1.165) is 24.2 Å². The van der Waals surface area contributed by atoms with Gasteiger partial charge in [-0.25, -0.2) is 4.79 Å². The average Bonchev–Trinajstić information content (AvgIpc) is 2.39. The number of rotatable bonds is 4. The van der Waals surface area contributed by atoms with Crippen LogP contribution in [0.2, 0.25) is 0 Å². The molecule has 4 nitrogen and oxygen atoms in total. The summed E-state index contributed by atoms with van der Waals surface area (Å²) in [5, 5.41) is 0.757. The second kappa shape index (κ2) is 5.04. The summed E-state index contributed by atoms with van der Waals surface area (Å²) in [6.07, 6.45) is 0.517. The standard InChI is InChI=1S/C14H15NO3/c1-3-15(4-2)12-6-5-10-7-11(9-16)14(17)18-13(10)8-12/h5-9H,3-4H2,1-2H3/p+1. The van der Waals surface area contributed by atoms with Gasteiger partial charge in [0, 0.05) is 30.2 Å². The topological polar surface area (TPSA) is 50.5 Å². The van der Waals surface area contributed by atoms with E-state index in [4.69, 9.17) is 4.42 Å². The van der Waals surface area contributed by atoms with E-state index in [1.54, 1.807) is 6.07 Å². The Balaban J connectivity index is 0.00000180. The van der Waals surface area contributed by atoms with Crippen molar-refractivity contribution in [1.29, 1.82) is 0 Å². The summed E-state index contributed by atoms with van der Waals surface area (Å²) >= 11 is 0. The molecule has 0 N–H and O–H groups in total. The first-order chi connectivity index (χ1) is 8.69. The van der Waals surface area contributed by atoms with E-state index < -0.39 is 5.63 Å².